The van der Waals surface area contributed by atoms with Gasteiger partial charge in [-0.1, -0.05) is 60.7 Å². The van der Waals surface area contributed by atoms with E-state index in [4.69, 9.17) is 0 Å². The van der Waals surface area contributed by atoms with Gasteiger partial charge < -0.3 is 10.4 Å². The molecule has 0 spiro atoms. The number of benzene rings is 2. The van der Waals surface area contributed by atoms with Crippen molar-refractivity contribution in [3.8, 4) is 0 Å². The van der Waals surface area contributed by atoms with Gasteiger partial charge in [0, 0.05) is 18.8 Å². The molecule has 1 aliphatic rings. The number of aliphatic hydroxyl groups excluding tert-OH is 1. The van der Waals surface area contributed by atoms with Crippen molar-refractivity contribution in [3.63, 3.8) is 0 Å². The minimum atomic E-state index is -0.383. The molecule has 1 atom stereocenters. The molecular weight excluding hydrogens is 350 g/mol. The van der Waals surface area contributed by atoms with E-state index in [1.807, 2.05) is 73.9 Å². The van der Waals surface area contributed by atoms with Crippen LogP contribution < -0.4 is 5.32 Å². The number of hydrogen-bond acceptors (Lipinski definition) is 3. The maximum atomic E-state index is 13.5. The number of nitrogens with one attached hydrogen (secondary N) is 1. The molecule has 1 heterocycles. The molecule has 144 valence electrons. The van der Waals surface area contributed by atoms with Gasteiger partial charge in [0.2, 0.25) is 5.91 Å². The Morgan fingerprint density at radius 3 is 2.07 bits per heavy atom. The van der Waals surface area contributed by atoms with Crippen molar-refractivity contribution in [1.82, 2.24) is 15.1 Å². The topological polar surface area (TPSA) is 67.2 Å². The summed E-state index contributed by atoms with van der Waals surface area (Å²) in [5.41, 5.74) is 2.90. The molecule has 1 saturated carbocycles. The van der Waals surface area contributed by atoms with Crippen LogP contribution in [0, 0.1) is 5.92 Å². The number of carbonyl (C=O) groups excluding carboxylic acids is 1. The normalized spacial score (nSPS) is 19.8. The Hall–Kier alpha value is -2.92. The third-order valence-electron chi connectivity index (χ3n) is 5.53. The molecule has 1 fully saturated rings. The third kappa shape index (κ3) is 3.85. The first-order chi connectivity index (χ1) is 13.6. The van der Waals surface area contributed by atoms with E-state index in [0.29, 0.717) is 12.8 Å². The van der Waals surface area contributed by atoms with Gasteiger partial charge >= 0.3 is 0 Å². The number of amides is 1. The van der Waals surface area contributed by atoms with Gasteiger partial charge in [-0.2, -0.15) is 5.10 Å². The maximum Gasteiger partial charge on any atom is 0.232 e. The summed E-state index contributed by atoms with van der Waals surface area (Å²) in [5, 5.41) is 17.3. The van der Waals surface area contributed by atoms with Crippen LogP contribution in [0.5, 0.6) is 0 Å². The molecular formula is C23H25N3O2. The molecule has 5 heteroatoms. The van der Waals surface area contributed by atoms with Crippen molar-refractivity contribution < 1.29 is 9.90 Å². The summed E-state index contributed by atoms with van der Waals surface area (Å²) in [7, 11) is 1.87. The van der Waals surface area contributed by atoms with E-state index in [9.17, 15) is 9.90 Å². The number of rotatable bonds is 6. The highest BCUT2D eigenvalue weighted by molar-refractivity contribution is 5.87. The highest BCUT2D eigenvalue weighted by atomic mass is 16.3. The molecule has 0 bridgehead atoms. The Kier molecular flexibility index (Phi) is 5.26. The first-order valence-electron chi connectivity index (χ1n) is 9.68. The predicted molar refractivity (Wildman–Crippen MR) is 108 cm³/mol. The van der Waals surface area contributed by atoms with Gasteiger partial charge in [0.15, 0.2) is 0 Å². The Balaban J connectivity index is 1.64. The molecule has 0 saturated heterocycles. The monoisotopic (exact) mass is 375 g/mol. The summed E-state index contributed by atoms with van der Waals surface area (Å²) >= 11 is 0. The SMILES string of the molecule is Cn1cc([C@@H](NC(=O)C(c2ccccc2)c2ccccc2)C2CC(O)C2)cn1. The van der Waals surface area contributed by atoms with Crippen LogP contribution in [0.2, 0.25) is 0 Å². The van der Waals surface area contributed by atoms with Crippen molar-refractivity contribution in [2.45, 2.75) is 30.9 Å². The van der Waals surface area contributed by atoms with Crippen LogP contribution in [-0.4, -0.2) is 26.9 Å². The molecule has 1 amide bonds. The number of hydrogen-bond donors (Lipinski definition) is 2. The van der Waals surface area contributed by atoms with E-state index in [1.165, 1.54) is 0 Å². The van der Waals surface area contributed by atoms with Crippen LogP contribution in [0.15, 0.2) is 73.1 Å². The lowest BCUT2D eigenvalue weighted by atomic mass is 9.75. The molecule has 2 aromatic carbocycles. The van der Waals surface area contributed by atoms with Crippen LogP contribution in [0.3, 0.4) is 0 Å². The highest BCUT2D eigenvalue weighted by Crippen LogP contribution is 2.38. The number of aromatic nitrogens is 2. The smallest absolute Gasteiger partial charge is 0.232 e. The second kappa shape index (κ2) is 7.98. The Morgan fingerprint density at radius 2 is 1.61 bits per heavy atom. The minimum Gasteiger partial charge on any atom is -0.393 e. The van der Waals surface area contributed by atoms with Gasteiger partial charge in [0.1, 0.15) is 0 Å². The molecule has 5 nitrogen and oxygen atoms in total. The second-order valence-electron chi connectivity index (χ2n) is 7.57. The average Bonchev–Trinajstić information content (AvgIpc) is 3.12. The van der Waals surface area contributed by atoms with Gasteiger partial charge in [-0.15, -0.1) is 0 Å². The molecule has 0 unspecified atom stereocenters. The lowest BCUT2D eigenvalue weighted by molar-refractivity contribution is -0.123. The summed E-state index contributed by atoms with van der Waals surface area (Å²) in [6.45, 7) is 0. The van der Waals surface area contributed by atoms with Gasteiger partial charge in [0.05, 0.1) is 24.3 Å². The first kappa shape index (κ1) is 18.4. The zero-order chi connectivity index (χ0) is 19.5. The fourth-order valence-electron chi connectivity index (χ4n) is 4.00. The number of aliphatic hydroxyl groups is 1. The third-order valence-corrected chi connectivity index (χ3v) is 5.53. The average molecular weight is 375 g/mol. The fourth-order valence-corrected chi connectivity index (χ4v) is 4.00. The molecule has 3 aromatic rings. The maximum absolute atomic E-state index is 13.5. The van der Waals surface area contributed by atoms with Crippen LogP contribution in [0.25, 0.3) is 0 Å². The Labute approximate surface area is 165 Å². The van der Waals surface area contributed by atoms with E-state index in [1.54, 1.807) is 10.9 Å². The first-order valence-corrected chi connectivity index (χ1v) is 9.68. The van der Waals surface area contributed by atoms with E-state index in [2.05, 4.69) is 10.4 Å². The summed E-state index contributed by atoms with van der Waals surface area (Å²) < 4.78 is 1.75. The van der Waals surface area contributed by atoms with E-state index < -0.39 is 0 Å². The van der Waals surface area contributed by atoms with E-state index in [0.717, 1.165) is 16.7 Å². The summed E-state index contributed by atoms with van der Waals surface area (Å²) in [4.78, 5) is 13.5. The van der Waals surface area contributed by atoms with Gasteiger partial charge in [0.25, 0.3) is 0 Å². The van der Waals surface area contributed by atoms with E-state index >= 15 is 0 Å². The van der Waals surface area contributed by atoms with Crippen LogP contribution in [0.4, 0.5) is 0 Å². The molecule has 2 N–H and O–H groups in total. The Bertz CT molecular complexity index is 878. The van der Waals surface area contributed by atoms with Crippen molar-refractivity contribution in [1.29, 1.82) is 0 Å². The molecule has 1 aliphatic carbocycles. The summed E-state index contributed by atoms with van der Waals surface area (Å²) in [6.07, 6.45) is 4.86. The lowest BCUT2D eigenvalue weighted by Crippen LogP contribution is -2.43. The van der Waals surface area contributed by atoms with Crippen LogP contribution in [0.1, 0.15) is 41.5 Å². The molecule has 0 radical (unpaired) electrons. The zero-order valence-corrected chi connectivity index (χ0v) is 15.9. The van der Waals surface area contributed by atoms with Crippen molar-refractivity contribution >= 4 is 5.91 Å². The van der Waals surface area contributed by atoms with Gasteiger partial charge in [-0.05, 0) is 29.9 Å². The lowest BCUT2D eigenvalue weighted by Gasteiger charge is -2.38. The Morgan fingerprint density at radius 1 is 1.04 bits per heavy atom. The van der Waals surface area contributed by atoms with E-state index in [-0.39, 0.29) is 29.9 Å². The predicted octanol–water partition coefficient (Wildman–Crippen LogP) is 3.18. The van der Waals surface area contributed by atoms with Gasteiger partial charge in [-0.3, -0.25) is 9.48 Å². The minimum absolute atomic E-state index is 0.0346. The number of nitrogens with zero attached hydrogens (tertiary/aromatic N) is 2. The van der Waals surface area contributed by atoms with Gasteiger partial charge in [-0.25, -0.2) is 0 Å². The quantitative estimate of drug-likeness (QED) is 0.695. The molecule has 0 aliphatic heterocycles. The zero-order valence-electron chi connectivity index (χ0n) is 15.9. The van der Waals surface area contributed by atoms with Crippen molar-refractivity contribution in [3.05, 3.63) is 89.7 Å². The summed E-state index contributed by atoms with van der Waals surface area (Å²) in [5.74, 6) is -0.199. The largest absolute Gasteiger partial charge is 0.393 e. The highest BCUT2D eigenvalue weighted by Gasteiger charge is 2.37. The fraction of sp³-hybridized carbons (Fsp3) is 0.304. The van der Waals surface area contributed by atoms with Crippen LogP contribution >= 0.6 is 0 Å². The molecule has 28 heavy (non-hydrogen) atoms. The van der Waals surface area contributed by atoms with Crippen molar-refractivity contribution in [2.75, 3.05) is 0 Å². The number of aryl methyl sites for hydroxylation is 1. The summed E-state index contributed by atoms with van der Waals surface area (Å²) in [6, 6.07) is 19.5. The molecule has 1 aromatic heterocycles. The van der Waals surface area contributed by atoms with Crippen molar-refractivity contribution in [2.24, 2.45) is 13.0 Å². The van der Waals surface area contributed by atoms with Crippen LogP contribution in [-0.2, 0) is 11.8 Å². The standard InChI is InChI=1S/C23H25N3O2/c1-26-15-19(14-24-26)22(18-12-20(27)13-18)25-23(28)21(16-8-4-2-5-9-16)17-10-6-3-7-11-17/h2-11,14-15,18,20-22,27H,12-13H2,1H3,(H,25,28)/t18?,20?,22-/m0/s1. The molecule has 4 rings (SSSR count). The second-order valence-corrected chi connectivity index (χ2v) is 7.57. The number of carbonyl (C=O) groups is 1.